The molecular weight excluding hydrogens is 214 g/mol. The van der Waals surface area contributed by atoms with Crippen molar-refractivity contribution in [3.05, 3.63) is 60.4 Å². The number of aromatic nitrogens is 4. The summed E-state index contributed by atoms with van der Waals surface area (Å²) in [7, 11) is 0. The van der Waals surface area contributed by atoms with Gasteiger partial charge in [-0.25, -0.2) is 4.52 Å². The molecule has 17 heavy (non-hydrogen) atoms. The molecule has 3 rings (SSSR count). The largest absolute Gasteiger partial charge is 0.319 e. The summed E-state index contributed by atoms with van der Waals surface area (Å²) in [6.45, 7) is 0. The maximum Gasteiger partial charge on any atom is 0.0800 e. The number of fused-ring (bicyclic) bond motifs is 1. The number of hydrogen-bond donors (Lipinski definition) is 1. The van der Waals surface area contributed by atoms with Gasteiger partial charge in [-0.3, -0.25) is 9.97 Å². The molecule has 3 aromatic rings. The highest BCUT2D eigenvalue weighted by Crippen LogP contribution is 2.21. The minimum Gasteiger partial charge on any atom is -0.319 e. The van der Waals surface area contributed by atoms with E-state index in [9.17, 15) is 0 Å². The average Bonchev–Trinajstić information content (AvgIpc) is 2.83. The van der Waals surface area contributed by atoms with Gasteiger partial charge in [-0.05, 0) is 12.1 Å². The normalized spacial score (nSPS) is 12.8. The zero-order chi connectivity index (χ0) is 11.7. The Balaban J connectivity index is 2.10. The van der Waals surface area contributed by atoms with Gasteiger partial charge in [-0.2, -0.15) is 5.10 Å². The zero-order valence-corrected chi connectivity index (χ0v) is 9.06. The molecule has 0 saturated carbocycles. The summed E-state index contributed by atoms with van der Waals surface area (Å²) < 4.78 is 1.80. The van der Waals surface area contributed by atoms with Crippen molar-refractivity contribution in [3.8, 4) is 0 Å². The first kappa shape index (κ1) is 9.92. The van der Waals surface area contributed by atoms with Gasteiger partial charge in [-0.15, -0.1) is 0 Å². The monoisotopic (exact) mass is 225 g/mol. The van der Waals surface area contributed by atoms with E-state index in [2.05, 4.69) is 15.1 Å². The molecular formula is C12H11N5. The van der Waals surface area contributed by atoms with Crippen molar-refractivity contribution >= 4 is 5.52 Å². The summed E-state index contributed by atoms with van der Waals surface area (Å²) in [6, 6.07) is 5.57. The summed E-state index contributed by atoms with van der Waals surface area (Å²) in [5, 5.41) is 4.25. The van der Waals surface area contributed by atoms with Crippen LogP contribution in [0.5, 0.6) is 0 Å². The molecule has 0 saturated heterocycles. The summed E-state index contributed by atoms with van der Waals surface area (Å²) in [5.41, 5.74) is 8.85. The molecule has 0 aliphatic rings. The first-order valence-electron chi connectivity index (χ1n) is 5.30. The summed E-state index contributed by atoms with van der Waals surface area (Å²) >= 11 is 0. The lowest BCUT2D eigenvalue weighted by Gasteiger charge is -2.08. The van der Waals surface area contributed by atoms with Crippen molar-refractivity contribution in [2.75, 3.05) is 0 Å². The average molecular weight is 225 g/mol. The van der Waals surface area contributed by atoms with E-state index in [4.69, 9.17) is 5.73 Å². The molecule has 3 aromatic heterocycles. The maximum atomic E-state index is 6.17. The van der Waals surface area contributed by atoms with Crippen LogP contribution in [0.2, 0.25) is 0 Å². The van der Waals surface area contributed by atoms with Crippen LogP contribution < -0.4 is 5.73 Å². The van der Waals surface area contributed by atoms with Crippen LogP contribution in [0.4, 0.5) is 0 Å². The van der Waals surface area contributed by atoms with Crippen LogP contribution in [0.1, 0.15) is 17.3 Å². The van der Waals surface area contributed by atoms with Gasteiger partial charge >= 0.3 is 0 Å². The topological polar surface area (TPSA) is 69.1 Å². The van der Waals surface area contributed by atoms with Crippen molar-refractivity contribution in [2.24, 2.45) is 5.73 Å². The molecule has 5 heteroatoms. The SMILES string of the molecule is NC(c1cnccn1)c1cnn2ccccc12. The first-order valence-corrected chi connectivity index (χ1v) is 5.30. The van der Waals surface area contributed by atoms with Crippen LogP contribution in [0.25, 0.3) is 5.52 Å². The van der Waals surface area contributed by atoms with Gasteiger partial charge in [-0.1, -0.05) is 6.07 Å². The quantitative estimate of drug-likeness (QED) is 0.710. The molecule has 1 unspecified atom stereocenters. The fourth-order valence-corrected chi connectivity index (χ4v) is 1.82. The fourth-order valence-electron chi connectivity index (χ4n) is 1.82. The number of nitrogens with two attached hydrogens (primary N) is 1. The van der Waals surface area contributed by atoms with Gasteiger partial charge in [0.1, 0.15) is 0 Å². The second-order valence-corrected chi connectivity index (χ2v) is 3.74. The van der Waals surface area contributed by atoms with Crippen molar-refractivity contribution in [2.45, 2.75) is 6.04 Å². The Labute approximate surface area is 97.9 Å². The second-order valence-electron chi connectivity index (χ2n) is 3.74. The van der Waals surface area contributed by atoms with Crippen LogP contribution in [-0.4, -0.2) is 19.6 Å². The van der Waals surface area contributed by atoms with E-state index >= 15 is 0 Å². The molecule has 2 N–H and O–H groups in total. The van der Waals surface area contributed by atoms with Crippen LogP contribution in [0.3, 0.4) is 0 Å². The highest BCUT2D eigenvalue weighted by Gasteiger charge is 2.15. The molecule has 0 aliphatic heterocycles. The van der Waals surface area contributed by atoms with Crippen molar-refractivity contribution in [1.82, 2.24) is 19.6 Å². The number of rotatable bonds is 2. The van der Waals surface area contributed by atoms with Gasteiger partial charge in [0.15, 0.2) is 0 Å². The van der Waals surface area contributed by atoms with Crippen LogP contribution >= 0.6 is 0 Å². The predicted octanol–water partition coefficient (Wildman–Crippen LogP) is 1.17. The third-order valence-corrected chi connectivity index (χ3v) is 2.69. The minimum atomic E-state index is -0.302. The van der Waals surface area contributed by atoms with Crippen molar-refractivity contribution < 1.29 is 0 Å². The molecule has 0 bridgehead atoms. The van der Waals surface area contributed by atoms with E-state index in [1.807, 2.05) is 24.4 Å². The van der Waals surface area contributed by atoms with E-state index in [0.717, 1.165) is 16.8 Å². The van der Waals surface area contributed by atoms with Crippen LogP contribution in [-0.2, 0) is 0 Å². The van der Waals surface area contributed by atoms with E-state index in [1.54, 1.807) is 29.3 Å². The van der Waals surface area contributed by atoms with Gasteiger partial charge in [0, 0.05) is 24.2 Å². The Morgan fingerprint density at radius 2 is 2.12 bits per heavy atom. The van der Waals surface area contributed by atoms with E-state index in [-0.39, 0.29) is 6.04 Å². The van der Waals surface area contributed by atoms with Crippen LogP contribution in [0.15, 0.2) is 49.2 Å². The lowest BCUT2D eigenvalue weighted by molar-refractivity contribution is 0.824. The molecule has 3 heterocycles. The van der Waals surface area contributed by atoms with E-state index < -0.39 is 0 Å². The number of pyridine rings is 1. The summed E-state index contributed by atoms with van der Waals surface area (Å²) in [6.07, 6.45) is 8.61. The highest BCUT2D eigenvalue weighted by molar-refractivity contribution is 5.56. The molecule has 84 valence electrons. The molecule has 5 nitrogen and oxygen atoms in total. The summed E-state index contributed by atoms with van der Waals surface area (Å²) in [5.74, 6) is 0. The van der Waals surface area contributed by atoms with Gasteiger partial charge in [0.2, 0.25) is 0 Å². The van der Waals surface area contributed by atoms with Crippen LogP contribution in [0, 0.1) is 0 Å². The number of nitrogens with zero attached hydrogens (tertiary/aromatic N) is 4. The third kappa shape index (κ3) is 1.66. The van der Waals surface area contributed by atoms with Crippen molar-refractivity contribution in [1.29, 1.82) is 0 Å². The number of hydrogen-bond acceptors (Lipinski definition) is 4. The minimum absolute atomic E-state index is 0.302. The standard InChI is InChI=1S/C12H11N5/c13-12(10-8-14-4-5-15-10)9-7-16-17-6-2-1-3-11(9)17/h1-8,12H,13H2. The second kappa shape index (κ2) is 3.95. The Bertz CT molecular complexity index is 631. The molecule has 0 radical (unpaired) electrons. The molecule has 0 amide bonds. The van der Waals surface area contributed by atoms with Crippen molar-refractivity contribution in [3.63, 3.8) is 0 Å². The molecule has 0 aliphatic carbocycles. The molecule has 1 atom stereocenters. The molecule has 0 fully saturated rings. The van der Waals surface area contributed by atoms with Gasteiger partial charge in [0.05, 0.1) is 29.6 Å². The maximum absolute atomic E-state index is 6.17. The Kier molecular flexibility index (Phi) is 2.31. The lowest BCUT2D eigenvalue weighted by atomic mass is 10.1. The highest BCUT2D eigenvalue weighted by atomic mass is 15.2. The van der Waals surface area contributed by atoms with Gasteiger partial charge < -0.3 is 5.73 Å². The molecule has 0 aromatic carbocycles. The Morgan fingerprint density at radius 3 is 2.94 bits per heavy atom. The third-order valence-electron chi connectivity index (χ3n) is 2.69. The zero-order valence-electron chi connectivity index (χ0n) is 9.06. The Morgan fingerprint density at radius 1 is 1.18 bits per heavy atom. The summed E-state index contributed by atoms with van der Waals surface area (Å²) in [4.78, 5) is 8.24. The Hall–Kier alpha value is -2.27. The fraction of sp³-hybridized carbons (Fsp3) is 0.0833. The smallest absolute Gasteiger partial charge is 0.0800 e. The van der Waals surface area contributed by atoms with E-state index in [1.165, 1.54) is 0 Å². The first-order chi connectivity index (χ1) is 8.36. The predicted molar refractivity (Wildman–Crippen MR) is 63.3 cm³/mol. The van der Waals surface area contributed by atoms with E-state index in [0.29, 0.717) is 0 Å². The molecule has 0 spiro atoms. The van der Waals surface area contributed by atoms with Gasteiger partial charge in [0.25, 0.3) is 0 Å². The lowest BCUT2D eigenvalue weighted by Crippen LogP contribution is -2.13.